The summed E-state index contributed by atoms with van der Waals surface area (Å²) in [4.78, 5) is 15.1. The van der Waals surface area contributed by atoms with Crippen LogP contribution in [0.5, 0.6) is 0 Å². The van der Waals surface area contributed by atoms with Gasteiger partial charge in [-0.25, -0.2) is 14.8 Å². The second-order valence-corrected chi connectivity index (χ2v) is 8.50. The molecule has 0 unspecified atom stereocenters. The minimum atomic E-state index is 0.431. The van der Waals surface area contributed by atoms with Gasteiger partial charge in [-0.05, 0) is 54.5 Å². The lowest BCUT2D eigenvalue weighted by Crippen LogP contribution is -2.41. The van der Waals surface area contributed by atoms with Crippen molar-refractivity contribution in [1.82, 2.24) is 15.3 Å². The first kappa shape index (κ1) is 19.5. The number of aromatic nitrogens is 2. The van der Waals surface area contributed by atoms with Crippen molar-refractivity contribution in [2.75, 3.05) is 36.4 Å². The number of hydrogen-bond acceptors (Lipinski definition) is 5. The molecule has 0 atom stereocenters. The Balaban J connectivity index is 1.36. The molecule has 2 saturated heterocycles. The number of anilines is 3. The van der Waals surface area contributed by atoms with Gasteiger partial charge in [0, 0.05) is 31.5 Å². The maximum atomic E-state index is 7.57. The summed E-state index contributed by atoms with van der Waals surface area (Å²) >= 11 is 0. The van der Waals surface area contributed by atoms with Gasteiger partial charge in [0.1, 0.15) is 5.82 Å². The summed E-state index contributed by atoms with van der Waals surface area (Å²) in [6.45, 7) is 11.7. The van der Waals surface area contributed by atoms with Crippen molar-refractivity contribution in [2.24, 2.45) is 5.41 Å². The van der Waals surface area contributed by atoms with Crippen LogP contribution in [-0.2, 0) is 0 Å². The largest absolute Gasteiger partial charge is 0.365 e. The Labute approximate surface area is 183 Å². The third-order valence-electron chi connectivity index (χ3n) is 6.55. The lowest BCUT2D eigenvalue weighted by atomic mass is 9.78. The Hall–Kier alpha value is -3.43. The maximum Gasteiger partial charge on any atom is 0.246 e. The minimum Gasteiger partial charge on any atom is -0.365 e. The average molecular weight is 411 g/mol. The highest BCUT2D eigenvalue weighted by Gasteiger charge is 2.37. The van der Waals surface area contributed by atoms with Crippen molar-refractivity contribution in [3.8, 4) is 11.1 Å². The minimum absolute atomic E-state index is 0.431. The van der Waals surface area contributed by atoms with E-state index in [1.807, 2.05) is 30.3 Å². The van der Waals surface area contributed by atoms with Crippen LogP contribution in [0.25, 0.3) is 16.0 Å². The third kappa shape index (κ3) is 4.10. The Bertz CT molecular complexity index is 1090. The van der Waals surface area contributed by atoms with Gasteiger partial charge in [0.25, 0.3) is 0 Å². The van der Waals surface area contributed by atoms with Gasteiger partial charge in [-0.15, -0.1) is 0 Å². The third-order valence-corrected chi connectivity index (χ3v) is 6.55. The van der Waals surface area contributed by atoms with Crippen LogP contribution in [0.3, 0.4) is 0 Å². The number of nitrogens with one attached hydrogen (secondary N) is 2. The van der Waals surface area contributed by atoms with Gasteiger partial charge >= 0.3 is 0 Å². The van der Waals surface area contributed by atoms with Crippen molar-refractivity contribution >= 4 is 23.1 Å². The smallest absolute Gasteiger partial charge is 0.246 e. The lowest BCUT2D eigenvalue weighted by molar-refractivity contribution is 0.247. The molecule has 0 saturated carbocycles. The second kappa shape index (κ2) is 8.37. The number of benzene rings is 2. The highest BCUT2D eigenvalue weighted by atomic mass is 15.2. The molecule has 3 aromatic rings. The summed E-state index contributed by atoms with van der Waals surface area (Å²) in [5.41, 5.74) is 4.18. The molecule has 0 radical (unpaired) electrons. The summed E-state index contributed by atoms with van der Waals surface area (Å²) in [5, 5.41) is 6.84. The molecule has 0 bridgehead atoms. The van der Waals surface area contributed by atoms with Crippen LogP contribution in [0.2, 0.25) is 0 Å². The van der Waals surface area contributed by atoms with Crippen LogP contribution >= 0.6 is 0 Å². The molecule has 1 spiro atoms. The molecule has 2 aromatic carbocycles. The molecule has 6 nitrogen and oxygen atoms in total. The normalized spacial score (nSPS) is 17.5. The van der Waals surface area contributed by atoms with E-state index in [4.69, 9.17) is 11.6 Å². The second-order valence-electron chi connectivity index (χ2n) is 8.50. The molecule has 0 aliphatic carbocycles. The zero-order valence-corrected chi connectivity index (χ0v) is 17.5. The standard InChI is InChI=1S/C25H26N6/c1-26-22-17-28-24(29-21-9-5-8-20(16-21)19-6-3-2-4-7-19)30-23(22)31-14-11-25(12-15-31)10-13-27-18-25/h2-9,16-17,27H,10-15,18H2,(H,28,29,30). The molecule has 0 amide bonds. The highest BCUT2D eigenvalue weighted by Crippen LogP contribution is 2.39. The SMILES string of the molecule is [C-]#[N+]c1cnc(Nc2cccc(-c3ccccc3)c2)nc1N1CCC2(CCNC2)CC1. The molecular weight excluding hydrogens is 384 g/mol. The highest BCUT2D eigenvalue weighted by molar-refractivity contribution is 5.71. The van der Waals surface area contributed by atoms with Crippen molar-refractivity contribution in [3.05, 3.63) is 72.2 Å². The molecular formula is C25H26N6. The quantitative estimate of drug-likeness (QED) is 0.592. The Morgan fingerprint density at radius 3 is 2.55 bits per heavy atom. The Morgan fingerprint density at radius 2 is 1.81 bits per heavy atom. The first-order valence-corrected chi connectivity index (χ1v) is 10.9. The first-order chi connectivity index (χ1) is 15.2. The van der Waals surface area contributed by atoms with Gasteiger partial charge in [-0.2, -0.15) is 0 Å². The van der Waals surface area contributed by atoms with Crippen LogP contribution < -0.4 is 15.5 Å². The molecule has 2 N–H and O–H groups in total. The fraction of sp³-hybridized carbons (Fsp3) is 0.320. The van der Waals surface area contributed by atoms with Gasteiger partial charge in [-0.3, -0.25) is 0 Å². The van der Waals surface area contributed by atoms with E-state index in [9.17, 15) is 0 Å². The van der Waals surface area contributed by atoms with Crippen molar-refractivity contribution < 1.29 is 0 Å². The summed E-state index contributed by atoms with van der Waals surface area (Å²) in [5.74, 6) is 1.27. The zero-order valence-electron chi connectivity index (χ0n) is 17.5. The summed E-state index contributed by atoms with van der Waals surface area (Å²) in [7, 11) is 0. The van der Waals surface area contributed by atoms with Gasteiger partial charge in [0.05, 0.1) is 6.57 Å². The molecule has 2 aliphatic heterocycles. The monoisotopic (exact) mass is 410 g/mol. The Kier molecular flexibility index (Phi) is 5.27. The van der Waals surface area contributed by atoms with E-state index in [1.165, 1.54) is 12.0 Å². The topological polar surface area (TPSA) is 57.4 Å². The molecule has 31 heavy (non-hydrogen) atoms. The van der Waals surface area contributed by atoms with E-state index in [-0.39, 0.29) is 0 Å². The predicted molar refractivity (Wildman–Crippen MR) is 125 cm³/mol. The van der Waals surface area contributed by atoms with Crippen molar-refractivity contribution in [2.45, 2.75) is 19.3 Å². The van der Waals surface area contributed by atoms with Crippen LogP contribution in [-0.4, -0.2) is 36.1 Å². The maximum absolute atomic E-state index is 7.57. The van der Waals surface area contributed by atoms with Crippen LogP contribution in [0.1, 0.15) is 19.3 Å². The zero-order chi connectivity index (χ0) is 21.1. The van der Waals surface area contributed by atoms with E-state index < -0.39 is 0 Å². The predicted octanol–water partition coefficient (Wildman–Crippen LogP) is 5.02. The van der Waals surface area contributed by atoms with E-state index in [1.54, 1.807) is 6.20 Å². The van der Waals surface area contributed by atoms with Gasteiger partial charge in [-0.1, -0.05) is 42.5 Å². The van der Waals surface area contributed by atoms with Crippen LogP contribution in [0, 0.1) is 12.0 Å². The Morgan fingerprint density at radius 1 is 1.00 bits per heavy atom. The van der Waals surface area contributed by atoms with E-state index >= 15 is 0 Å². The number of nitrogens with zero attached hydrogens (tertiary/aromatic N) is 4. The van der Waals surface area contributed by atoms with E-state index in [0.717, 1.165) is 56.1 Å². The van der Waals surface area contributed by atoms with Gasteiger partial charge < -0.3 is 15.5 Å². The van der Waals surface area contributed by atoms with Crippen molar-refractivity contribution in [3.63, 3.8) is 0 Å². The van der Waals surface area contributed by atoms with Crippen LogP contribution in [0.4, 0.5) is 23.1 Å². The fourth-order valence-corrected chi connectivity index (χ4v) is 4.69. The summed E-state index contributed by atoms with van der Waals surface area (Å²) in [6.07, 6.45) is 5.18. The number of hydrogen-bond donors (Lipinski definition) is 2. The van der Waals surface area contributed by atoms with E-state index in [0.29, 0.717) is 17.1 Å². The van der Waals surface area contributed by atoms with E-state index in [2.05, 4.69) is 49.6 Å². The van der Waals surface area contributed by atoms with Gasteiger partial charge in [0.2, 0.25) is 11.6 Å². The summed E-state index contributed by atoms with van der Waals surface area (Å²) < 4.78 is 0. The molecule has 5 rings (SSSR count). The molecule has 2 fully saturated rings. The molecule has 1 aromatic heterocycles. The fourth-order valence-electron chi connectivity index (χ4n) is 4.69. The van der Waals surface area contributed by atoms with Gasteiger partial charge in [0.15, 0.2) is 0 Å². The summed E-state index contributed by atoms with van der Waals surface area (Å²) in [6, 6.07) is 18.5. The number of piperidine rings is 1. The van der Waals surface area contributed by atoms with Crippen LogP contribution in [0.15, 0.2) is 60.8 Å². The molecule has 6 heteroatoms. The van der Waals surface area contributed by atoms with Crippen molar-refractivity contribution in [1.29, 1.82) is 0 Å². The lowest BCUT2D eigenvalue weighted by Gasteiger charge is -2.39. The number of rotatable bonds is 4. The molecule has 156 valence electrons. The molecule has 3 heterocycles. The first-order valence-electron chi connectivity index (χ1n) is 10.9. The molecule has 2 aliphatic rings. The average Bonchev–Trinajstić information content (AvgIpc) is 3.28.